The molecule has 0 bridgehead atoms. The highest BCUT2D eigenvalue weighted by atomic mass is 35.5. The predicted octanol–water partition coefficient (Wildman–Crippen LogP) is 1.77. The Kier molecular flexibility index (Phi) is 7.68. The number of amides is 3. The Hall–Kier alpha value is -4.44. The van der Waals surface area contributed by atoms with Gasteiger partial charge in [0.2, 0.25) is 5.91 Å². The van der Waals surface area contributed by atoms with Crippen molar-refractivity contribution in [2.75, 3.05) is 6.54 Å². The number of nitrogens with one attached hydrogen (secondary N) is 3. The number of benzene rings is 1. The molecule has 5 rings (SSSR count). The van der Waals surface area contributed by atoms with Crippen LogP contribution < -0.4 is 21.6 Å². The highest BCUT2D eigenvalue weighted by Crippen LogP contribution is 2.25. The van der Waals surface area contributed by atoms with Crippen molar-refractivity contribution in [3.8, 4) is 17.2 Å². The molecule has 0 aliphatic carbocycles. The summed E-state index contributed by atoms with van der Waals surface area (Å²) in [6, 6.07) is 4.80. The van der Waals surface area contributed by atoms with Crippen LogP contribution in [0.3, 0.4) is 0 Å². The van der Waals surface area contributed by atoms with Crippen LogP contribution >= 0.6 is 23.2 Å². The van der Waals surface area contributed by atoms with Crippen molar-refractivity contribution in [1.29, 1.82) is 0 Å². The molecule has 1 aliphatic rings. The number of alkyl halides is 3. The molecule has 13 nitrogen and oxygen atoms in total. The monoisotopic (exact) mass is 610 g/mol. The molecule has 4 heterocycles. The summed E-state index contributed by atoms with van der Waals surface area (Å²) < 4.78 is 45.2. The molecule has 1 saturated heterocycles. The first kappa shape index (κ1) is 28.1. The van der Waals surface area contributed by atoms with E-state index < -0.39 is 42.4 Å². The number of urea groups is 1. The standard InChI is InChI=1S/C23H19Cl2F3N10O3/c24-13-5-3-12(4-6-13)18-35-37(10-17-31-11-38(34-17)19-14(25)2-1-7-29-19)22(41)36(18)9-16(23(26,27)28)33-20(39)15-8-30-21(40)32-15/h1-7,11,15-16H,8-10H2,(H,33,39)(H2,30,32,40). The van der Waals surface area contributed by atoms with E-state index in [0.717, 1.165) is 9.25 Å². The maximum absolute atomic E-state index is 14.1. The van der Waals surface area contributed by atoms with Crippen molar-refractivity contribution in [2.24, 2.45) is 0 Å². The molecule has 214 valence electrons. The van der Waals surface area contributed by atoms with E-state index in [9.17, 15) is 27.6 Å². The molecule has 2 unspecified atom stereocenters. The Balaban J connectivity index is 1.48. The Morgan fingerprint density at radius 3 is 2.54 bits per heavy atom. The average Bonchev–Trinajstić information content (AvgIpc) is 3.64. The number of carbonyl (C=O) groups is 2. The lowest BCUT2D eigenvalue weighted by Crippen LogP contribution is -2.54. The maximum atomic E-state index is 14.1. The molecule has 3 aromatic heterocycles. The average molecular weight is 611 g/mol. The van der Waals surface area contributed by atoms with Gasteiger partial charge in [0.1, 0.15) is 25.0 Å². The molecule has 0 radical (unpaired) electrons. The number of rotatable bonds is 8. The number of carbonyl (C=O) groups excluding carboxylic acids is 2. The summed E-state index contributed by atoms with van der Waals surface area (Å²) in [4.78, 5) is 45.5. The minimum atomic E-state index is -4.95. The Bertz CT molecular complexity index is 1650. The van der Waals surface area contributed by atoms with Gasteiger partial charge in [-0.2, -0.15) is 13.2 Å². The quantitative estimate of drug-likeness (QED) is 0.275. The van der Waals surface area contributed by atoms with Crippen LogP contribution in [0.4, 0.5) is 18.0 Å². The summed E-state index contributed by atoms with van der Waals surface area (Å²) in [5, 5.41) is 15.6. The van der Waals surface area contributed by atoms with Crippen molar-refractivity contribution in [2.45, 2.75) is 31.3 Å². The molecule has 4 aromatic rings. The number of halogens is 5. The van der Waals surface area contributed by atoms with Crippen LogP contribution in [0.5, 0.6) is 0 Å². The zero-order valence-corrected chi connectivity index (χ0v) is 22.2. The number of hydrogen-bond acceptors (Lipinski definition) is 7. The molecule has 1 fully saturated rings. The zero-order chi connectivity index (χ0) is 29.3. The highest BCUT2D eigenvalue weighted by Gasteiger charge is 2.43. The second-order valence-electron chi connectivity index (χ2n) is 8.81. The van der Waals surface area contributed by atoms with Crippen LogP contribution in [0.1, 0.15) is 5.82 Å². The van der Waals surface area contributed by atoms with Gasteiger partial charge in [0.25, 0.3) is 0 Å². The van der Waals surface area contributed by atoms with Crippen molar-refractivity contribution in [3.05, 3.63) is 75.3 Å². The third kappa shape index (κ3) is 6.17. The minimum absolute atomic E-state index is 0.103. The molecular formula is C23H19Cl2F3N10O3. The van der Waals surface area contributed by atoms with Crippen LogP contribution in [-0.4, -0.2) is 70.8 Å². The Morgan fingerprint density at radius 2 is 1.88 bits per heavy atom. The van der Waals surface area contributed by atoms with Crippen LogP contribution in [-0.2, 0) is 17.9 Å². The Morgan fingerprint density at radius 1 is 1.12 bits per heavy atom. The maximum Gasteiger partial charge on any atom is 0.410 e. The molecule has 3 amide bonds. The summed E-state index contributed by atoms with van der Waals surface area (Å²) >= 11 is 12.1. The van der Waals surface area contributed by atoms with Gasteiger partial charge in [-0.1, -0.05) is 23.2 Å². The molecule has 0 spiro atoms. The van der Waals surface area contributed by atoms with Gasteiger partial charge >= 0.3 is 17.9 Å². The van der Waals surface area contributed by atoms with Crippen molar-refractivity contribution < 1.29 is 22.8 Å². The lowest BCUT2D eigenvalue weighted by atomic mass is 10.2. The number of nitrogens with zero attached hydrogens (tertiary/aromatic N) is 7. The van der Waals surface area contributed by atoms with Gasteiger partial charge in [0, 0.05) is 23.3 Å². The summed E-state index contributed by atoms with van der Waals surface area (Å²) in [6.45, 7) is -1.50. The van der Waals surface area contributed by atoms with E-state index in [0.29, 0.717) is 15.6 Å². The van der Waals surface area contributed by atoms with Crippen molar-refractivity contribution in [1.82, 2.24) is 50.0 Å². The topological polar surface area (TPSA) is 154 Å². The lowest BCUT2D eigenvalue weighted by Gasteiger charge is -2.23. The minimum Gasteiger partial charge on any atom is -0.341 e. The molecule has 1 aliphatic heterocycles. The number of pyridine rings is 1. The fourth-order valence-corrected chi connectivity index (χ4v) is 4.31. The number of hydrogen-bond donors (Lipinski definition) is 3. The molecule has 18 heteroatoms. The van der Waals surface area contributed by atoms with E-state index >= 15 is 0 Å². The van der Waals surface area contributed by atoms with Gasteiger partial charge < -0.3 is 16.0 Å². The number of aromatic nitrogens is 7. The van der Waals surface area contributed by atoms with E-state index in [2.05, 4.69) is 30.8 Å². The third-order valence-electron chi connectivity index (χ3n) is 5.98. The van der Waals surface area contributed by atoms with Gasteiger partial charge in [0.05, 0.1) is 11.6 Å². The van der Waals surface area contributed by atoms with Gasteiger partial charge in [0.15, 0.2) is 17.5 Å². The summed E-state index contributed by atoms with van der Waals surface area (Å²) in [5.41, 5.74) is -0.620. The van der Waals surface area contributed by atoms with Crippen LogP contribution in [0.2, 0.25) is 10.0 Å². The highest BCUT2D eigenvalue weighted by molar-refractivity contribution is 6.32. The first-order valence-electron chi connectivity index (χ1n) is 11.9. The first-order chi connectivity index (χ1) is 19.5. The molecule has 0 saturated carbocycles. The van der Waals surface area contributed by atoms with E-state index in [-0.39, 0.29) is 30.6 Å². The van der Waals surface area contributed by atoms with Crippen molar-refractivity contribution in [3.63, 3.8) is 0 Å². The molecule has 1 aromatic carbocycles. The van der Waals surface area contributed by atoms with E-state index in [1.165, 1.54) is 41.5 Å². The second kappa shape index (κ2) is 11.2. The summed E-state index contributed by atoms with van der Waals surface area (Å²) in [7, 11) is 0. The predicted molar refractivity (Wildman–Crippen MR) is 139 cm³/mol. The summed E-state index contributed by atoms with van der Waals surface area (Å²) in [6.07, 6.45) is -2.13. The van der Waals surface area contributed by atoms with E-state index in [1.54, 1.807) is 12.1 Å². The van der Waals surface area contributed by atoms with Gasteiger partial charge in [-0.05, 0) is 36.4 Å². The van der Waals surface area contributed by atoms with Gasteiger partial charge in [-0.15, -0.1) is 10.2 Å². The van der Waals surface area contributed by atoms with Crippen LogP contribution in [0, 0.1) is 0 Å². The van der Waals surface area contributed by atoms with Crippen LogP contribution in [0.15, 0.2) is 53.7 Å². The fourth-order valence-electron chi connectivity index (χ4n) is 3.97. The third-order valence-corrected chi connectivity index (χ3v) is 6.52. The second-order valence-corrected chi connectivity index (χ2v) is 9.65. The first-order valence-corrected chi connectivity index (χ1v) is 12.6. The summed E-state index contributed by atoms with van der Waals surface area (Å²) in [5.74, 6) is -0.795. The Labute approximate surface area is 238 Å². The zero-order valence-electron chi connectivity index (χ0n) is 20.6. The lowest BCUT2D eigenvalue weighted by molar-refractivity contribution is -0.164. The SMILES string of the molecule is O=C1NCC(C(=O)NC(Cn2c(-c3ccc(Cl)cc3)nn(Cc3ncn(-c4ncccc4Cl)n3)c2=O)C(F)(F)F)N1. The van der Waals surface area contributed by atoms with Gasteiger partial charge in [-0.3, -0.25) is 9.36 Å². The molecule has 41 heavy (non-hydrogen) atoms. The van der Waals surface area contributed by atoms with E-state index in [1.807, 2.05) is 5.32 Å². The van der Waals surface area contributed by atoms with Gasteiger partial charge in [-0.25, -0.2) is 28.9 Å². The normalized spacial score (nSPS) is 15.8. The largest absolute Gasteiger partial charge is 0.410 e. The molecule has 2 atom stereocenters. The van der Waals surface area contributed by atoms with Crippen LogP contribution in [0.25, 0.3) is 17.2 Å². The molecule has 3 N–H and O–H groups in total. The molecular weight excluding hydrogens is 592 g/mol. The van der Waals surface area contributed by atoms with E-state index in [4.69, 9.17) is 23.2 Å². The van der Waals surface area contributed by atoms with Crippen molar-refractivity contribution >= 4 is 35.1 Å². The fraction of sp³-hybridized carbons (Fsp3) is 0.261. The smallest absolute Gasteiger partial charge is 0.341 e.